The first-order chi connectivity index (χ1) is 15.1. The molecule has 0 aromatic heterocycles. The van der Waals surface area contributed by atoms with E-state index in [0.717, 1.165) is 36.0 Å². The molecule has 0 aromatic carbocycles. The topological polar surface area (TPSA) is 40.5 Å². The summed E-state index contributed by atoms with van der Waals surface area (Å²) < 4.78 is 0. The minimum absolute atomic E-state index is 0.0255. The van der Waals surface area contributed by atoms with Crippen molar-refractivity contribution in [3.8, 4) is 0 Å². The Morgan fingerprint density at radius 1 is 0.906 bits per heavy atom. The van der Waals surface area contributed by atoms with Gasteiger partial charge in [-0.25, -0.2) is 0 Å². The van der Waals surface area contributed by atoms with Crippen molar-refractivity contribution in [3.05, 3.63) is 12.2 Å². The van der Waals surface area contributed by atoms with Gasteiger partial charge in [-0.15, -0.1) is 0 Å². The molecule has 2 heteroatoms. The fraction of sp³-hybridized carbons (Fsp3) is 0.933. The molecule has 4 fully saturated rings. The van der Waals surface area contributed by atoms with Crippen LogP contribution in [0, 0.1) is 58.2 Å². The van der Waals surface area contributed by atoms with Crippen LogP contribution < -0.4 is 0 Å². The predicted octanol–water partition coefficient (Wildman–Crippen LogP) is 7.24. The van der Waals surface area contributed by atoms with Crippen LogP contribution >= 0.6 is 0 Å². The van der Waals surface area contributed by atoms with Crippen LogP contribution in [0.25, 0.3) is 0 Å². The maximum atomic E-state index is 11.2. The molecule has 0 radical (unpaired) electrons. The van der Waals surface area contributed by atoms with Crippen LogP contribution in [0.2, 0.25) is 0 Å². The molecule has 0 aliphatic heterocycles. The van der Waals surface area contributed by atoms with E-state index < -0.39 is 0 Å². The minimum atomic E-state index is -0.320. The average molecular weight is 445 g/mol. The molecule has 184 valence electrons. The standard InChI is InChI=1S/C30H52O2/c1-7-8-21(19(2)3)10-9-20(4)25-13-14-26-24-12-11-22-17-23(31)18-28(32)30(22,6)27(24)15-16-29(25,26)5/h9-10,19-28,31-32H,7-8,11-18H2,1-6H3/b10-9+/t20-,21+,22?,23-,24?,25-,26+,27+,28+,29-,30+/m1/s1. The molecule has 4 rings (SSSR count). The fourth-order valence-corrected chi connectivity index (χ4v) is 9.64. The van der Waals surface area contributed by atoms with E-state index in [1.165, 1.54) is 51.4 Å². The first-order valence-electron chi connectivity index (χ1n) is 14.2. The Balaban J connectivity index is 1.50. The van der Waals surface area contributed by atoms with E-state index in [-0.39, 0.29) is 17.6 Å². The van der Waals surface area contributed by atoms with Gasteiger partial charge in [0.1, 0.15) is 0 Å². The molecule has 0 aromatic rings. The smallest absolute Gasteiger partial charge is 0.0623 e. The molecule has 0 saturated heterocycles. The quantitative estimate of drug-likeness (QED) is 0.424. The van der Waals surface area contributed by atoms with Gasteiger partial charge in [-0.3, -0.25) is 0 Å². The Hall–Kier alpha value is -0.340. The van der Waals surface area contributed by atoms with Crippen molar-refractivity contribution in [2.45, 2.75) is 118 Å². The van der Waals surface area contributed by atoms with Crippen LogP contribution in [0.3, 0.4) is 0 Å². The van der Waals surface area contributed by atoms with E-state index in [1.807, 2.05) is 0 Å². The van der Waals surface area contributed by atoms with Gasteiger partial charge in [0.2, 0.25) is 0 Å². The van der Waals surface area contributed by atoms with E-state index in [2.05, 4.69) is 53.7 Å². The van der Waals surface area contributed by atoms with Gasteiger partial charge in [-0.1, -0.05) is 60.1 Å². The lowest BCUT2D eigenvalue weighted by Crippen LogP contribution is -2.59. The monoisotopic (exact) mass is 444 g/mol. The predicted molar refractivity (Wildman–Crippen MR) is 134 cm³/mol. The van der Waals surface area contributed by atoms with Gasteiger partial charge >= 0.3 is 0 Å². The van der Waals surface area contributed by atoms with Crippen molar-refractivity contribution in [2.24, 2.45) is 58.2 Å². The van der Waals surface area contributed by atoms with Gasteiger partial charge < -0.3 is 10.2 Å². The Morgan fingerprint density at radius 3 is 2.34 bits per heavy atom. The number of aliphatic hydroxyl groups is 2. The van der Waals surface area contributed by atoms with E-state index in [9.17, 15) is 10.2 Å². The number of fused-ring (bicyclic) bond motifs is 5. The van der Waals surface area contributed by atoms with Crippen molar-refractivity contribution >= 4 is 0 Å². The number of rotatable bonds is 6. The Labute approximate surface area is 198 Å². The van der Waals surface area contributed by atoms with Crippen LogP contribution in [-0.4, -0.2) is 22.4 Å². The molecule has 2 nitrogen and oxygen atoms in total. The molecular formula is C30H52O2. The van der Waals surface area contributed by atoms with Crippen molar-refractivity contribution in [2.75, 3.05) is 0 Å². The highest BCUT2D eigenvalue weighted by atomic mass is 16.3. The molecule has 4 aliphatic rings. The summed E-state index contributed by atoms with van der Waals surface area (Å²) in [7, 11) is 0. The van der Waals surface area contributed by atoms with Crippen molar-refractivity contribution < 1.29 is 10.2 Å². The third-order valence-corrected chi connectivity index (χ3v) is 11.6. The van der Waals surface area contributed by atoms with Gasteiger partial charge in [-0.2, -0.15) is 0 Å². The Morgan fingerprint density at radius 2 is 1.66 bits per heavy atom. The highest BCUT2D eigenvalue weighted by Crippen LogP contribution is 2.68. The Bertz CT molecular complexity index is 670. The first-order valence-corrected chi connectivity index (χ1v) is 14.2. The molecule has 0 bridgehead atoms. The zero-order valence-electron chi connectivity index (χ0n) is 21.9. The normalized spacial score (nSPS) is 48.3. The van der Waals surface area contributed by atoms with Gasteiger partial charge in [0.15, 0.2) is 0 Å². The second-order valence-electron chi connectivity index (χ2n) is 13.3. The molecule has 2 N–H and O–H groups in total. The lowest BCUT2D eigenvalue weighted by Gasteiger charge is -2.62. The zero-order chi connectivity index (χ0) is 23.3. The summed E-state index contributed by atoms with van der Waals surface area (Å²) in [6.45, 7) is 14.6. The van der Waals surface area contributed by atoms with Crippen molar-refractivity contribution in [1.82, 2.24) is 0 Å². The second-order valence-corrected chi connectivity index (χ2v) is 13.3. The fourth-order valence-electron chi connectivity index (χ4n) is 9.64. The number of allylic oxidation sites excluding steroid dienone is 2. The van der Waals surface area contributed by atoms with E-state index in [0.29, 0.717) is 29.6 Å². The molecule has 32 heavy (non-hydrogen) atoms. The summed E-state index contributed by atoms with van der Waals surface area (Å²) in [4.78, 5) is 0. The van der Waals surface area contributed by atoms with Gasteiger partial charge in [-0.05, 0) is 116 Å². The summed E-state index contributed by atoms with van der Waals surface area (Å²) in [6.07, 6.45) is 16.6. The average Bonchev–Trinajstić information content (AvgIpc) is 3.09. The molecule has 0 amide bonds. The minimum Gasteiger partial charge on any atom is -0.393 e. The van der Waals surface area contributed by atoms with Gasteiger partial charge in [0.25, 0.3) is 0 Å². The molecule has 2 unspecified atom stereocenters. The summed E-state index contributed by atoms with van der Waals surface area (Å²) in [5, 5.41) is 21.5. The number of aliphatic hydroxyl groups excluding tert-OH is 2. The third kappa shape index (κ3) is 4.04. The summed E-state index contributed by atoms with van der Waals surface area (Å²) in [5.74, 6) is 5.71. The highest BCUT2D eigenvalue weighted by Gasteiger charge is 2.62. The van der Waals surface area contributed by atoms with Crippen LogP contribution in [0.4, 0.5) is 0 Å². The molecule has 4 aliphatic carbocycles. The van der Waals surface area contributed by atoms with E-state index >= 15 is 0 Å². The van der Waals surface area contributed by atoms with Crippen LogP contribution in [-0.2, 0) is 0 Å². The lowest BCUT2D eigenvalue weighted by atomic mass is 9.43. The van der Waals surface area contributed by atoms with Crippen LogP contribution in [0.5, 0.6) is 0 Å². The molecule has 0 spiro atoms. The Kier molecular flexibility index (Phi) is 7.25. The lowest BCUT2D eigenvalue weighted by molar-refractivity contribution is -0.181. The van der Waals surface area contributed by atoms with Crippen LogP contribution in [0.15, 0.2) is 12.2 Å². The molecule has 4 saturated carbocycles. The van der Waals surface area contributed by atoms with Crippen LogP contribution in [0.1, 0.15) is 106 Å². The molecular weight excluding hydrogens is 392 g/mol. The summed E-state index contributed by atoms with van der Waals surface area (Å²) >= 11 is 0. The largest absolute Gasteiger partial charge is 0.393 e. The first kappa shape index (κ1) is 24.8. The molecule has 0 heterocycles. The third-order valence-electron chi connectivity index (χ3n) is 11.6. The van der Waals surface area contributed by atoms with Gasteiger partial charge in [0.05, 0.1) is 12.2 Å². The van der Waals surface area contributed by atoms with E-state index in [1.54, 1.807) is 0 Å². The second kappa shape index (κ2) is 9.37. The van der Waals surface area contributed by atoms with Crippen molar-refractivity contribution in [3.63, 3.8) is 0 Å². The van der Waals surface area contributed by atoms with Crippen molar-refractivity contribution in [1.29, 1.82) is 0 Å². The maximum absolute atomic E-state index is 11.2. The molecule has 11 atom stereocenters. The zero-order valence-corrected chi connectivity index (χ0v) is 21.9. The summed E-state index contributed by atoms with van der Waals surface area (Å²) in [6, 6.07) is 0. The van der Waals surface area contributed by atoms with Gasteiger partial charge in [0, 0.05) is 0 Å². The number of hydrogen-bond donors (Lipinski definition) is 2. The maximum Gasteiger partial charge on any atom is 0.0623 e. The summed E-state index contributed by atoms with van der Waals surface area (Å²) in [5.41, 5.74) is 0.489. The number of hydrogen-bond acceptors (Lipinski definition) is 2. The highest BCUT2D eigenvalue weighted by molar-refractivity contribution is 5.12. The SMILES string of the molecule is CCC[C@@H](/C=C/[C@@H](C)[C@H]1CC[C@H]2C3CCC4C[C@@H](O)C[C@H](O)[C@]4(C)[C@H]3CC[C@]12C)C(C)C. The van der Waals surface area contributed by atoms with E-state index in [4.69, 9.17) is 0 Å².